The van der Waals surface area contributed by atoms with E-state index in [1.54, 1.807) is 13.0 Å². The molecule has 0 fully saturated rings. The molecule has 0 aliphatic carbocycles. The lowest BCUT2D eigenvalue weighted by Crippen LogP contribution is -2.14. The molecule has 1 aromatic rings. The quantitative estimate of drug-likeness (QED) is 0.697. The lowest BCUT2D eigenvalue weighted by atomic mass is 10.1. The van der Waals surface area contributed by atoms with Gasteiger partial charge in [0.2, 0.25) is 0 Å². The van der Waals surface area contributed by atoms with Crippen LogP contribution in [0, 0.1) is 0 Å². The fraction of sp³-hybridized carbons (Fsp3) is 0.300. The molecule has 0 saturated heterocycles. The van der Waals surface area contributed by atoms with Crippen LogP contribution in [0.2, 0.25) is 0 Å². The van der Waals surface area contributed by atoms with Crippen molar-refractivity contribution < 1.29 is 18.3 Å². The van der Waals surface area contributed by atoms with Crippen molar-refractivity contribution in [3.05, 3.63) is 29.8 Å². The Kier molecular flexibility index (Phi) is 3.17. The fourth-order valence-corrected chi connectivity index (χ4v) is 1.03. The summed E-state index contributed by atoms with van der Waals surface area (Å²) in [5, 5.41) is 0. The van der Waals surface area contributed by atoms with Crippen molar-refractivity contribution in [3.8, 4) is 5.75 Å². The van der Waals surface area contributed by atoms with Gasteiger partial charge in [-0.3, -0.25) is 4.79 Å². The zero-order valence-electron chi connectivity index (χ0n) is 7.67. The molecule has 1 aromatic carbocycles. The SMILES string of the molecule is CCOc1cccc(C(F)(F)C=O)c1. The predicted octanol–water partition coefficient (Wildman–Crippen LogP) is 2.38. The molecule has 0 aromatic heterocycles. The minimum Gasteiger partial charge on any atom is -0.494 e. The first-order valence-corrected chi connectivity index (χ1v) is 4.17. The number of halogens is 2. The van der Waals surface area contributed by atoms with E-state index in [0.717, 1.165) is 6.07 Å². The van der Waals surface area contributed by atoms with Crippen molar-refractivity contribution in [2.24, 2.45) is 0 Å². The zero-order chi connectivity index (χ0) is 10.6. The van der Waals surface area contributed by atoms with E-state index >= 15 is 0 Å². The molecule has 0 bridgehead atoms. The van der Waals surface area contributed by atoms with Crippen LogP contribution < -0.4 is 4.74 Å². The molecule has 0 radical (unpaired) electrons. The minimum atomic E-state index is -3.44. The third-order valence-electron chi connectivity index (χ3n) is 1.68. The lowest BCUT2D eigenvalue weighted by molar-refractivity contribution is -0.130. The Balaban J connectivity index is 2.99. The molecule has 4 heteroatoms. The number of hydrogen-bond donors (Lipinski definition) is 0. The maximum atomic E-state index is 12.9. The van der Waals surface area contributed by atoms with E-state index < -0.39 is 5.92 Å². The molecule has 0 aliphatic rings. The van der Waals surface area contributed by atoms with E-state index in [4.69, 9.17) is 4.74 Å². The molecule has 14 heavy (non-hydrogen) atoms. The van der Waals surface area contributed by atoms with Crippen LogP contribution in [-0.4, -0.2) is 12.9 Å². The smallest absolute Gasteiger partial charge is 0.327 e. The number of benzene rings is 1. The Labute approximate surface area is 80.5 Å². The topological polar surface area (TPSA) is 26.3 Å². The molecule has 0 saturated carbocycles. The van der Waals surface area contributed by atoms with E-state index in [2.05, 4.69) is 0 Å². The van der Waals surface area contributed by atoms with Gasteiger partial charge in [0.05, 0.1) is 6.61 Å². The first kappa shape index (κ1) is 10.6. The molecule has 0 unspecified atom stereocenters. The van der Waals surface area contributed by atoms with Gasteiger partial charge in [-0.25, -0.2) is 0 Å². The molecule has 0 aliphatic heterocycles. The van der Waals surface area contributed by atoms with E-state index in [1.807, 2.05) is 0 Å². The van der Waals surface area contributed by atoms with Gasteiger partial charge in [0.1, 0.15) is 5.75 Å². The standard InChI is InChI=1S/C10H10F2O2/c1-2-14-9-5-3-4-8(6-9)10(11,12)7-13/h3-7H,2H2,1H3. The monoisotopic (exact) mass is 200 g/mol. The molecule has 0 spiro atoms. The van der Waals surface area contributed by atoms with Gasteiger partial charge in [0, 0.05) is 5.56 Å². The second kappa shape index (κ2) is 4.17. The van der Waals surface area contributed by atoms with Crippen LogP contribution in [0.15, 0.2) is 24.3 Å². The summed E-state index contributed by atoms with van der Waals surface area (Å²) in [6, 6.07) is 5.35. The number of rotatable bonds is 4. The molecular weight excluding hydrogens is 190 g/mol. The van der Waals surface area contributed by atoms with Gasteiger partial charge in [-0.2, -0.15) is 8.78 Å². The highest BCUT2D eigenvalue weighted by atomic mass is 19.3. The average Bonchev–Trinajstić information content (AvgIpc) is 2.19. The van der Waals surface area contributed by atoms with Crippen molar-refractivity contribution in [2.75, 3.05) is 6.61 Å². The highest BCUT2D eigenvalue weighted by Crippen LogP contribution is 2.27. The number of aldehydes is 1. The second-order valence-corrected chi connectivity index (χ2v) is 2.70. The number of carbonyl (C=O) groups excluding carboxylic acids is 1. The number of alkyl halides is 2. The maximum absolute atomic E-state index is 12.9. The third kappa shape index (κ3) is 2.28. The number of ether oxygens (including phenoxy) is 1. The summed E-state index contributed by atoms with van der Waals surface area (Å²) in [5.74, 6) is -3.10. The summed E-state index contributed by atoms with van der Waals surface area (Å²) in [4.78, 5) is 10.1. The van der Waals surface area contributed by atoms with Gasteiger partial charge in [-0.05, 0) is 19.1 Å². The minimum absolute atomic E-state index is 0.339. The predicted molar refractivity (Wildman–Crippen MR) is 47.6 cm³/mol. The molecule has 0 N–H and O–H groups in total. The highest BCUT2D eigenvalue weighted by molar-refractivity contribution is 5.63. The van der Waals surface area contributed by atoms with Crippen molar-refractivity contribution >= 4 is 6.29 Å². The molecule has 0 atom stereocenters. The largest absolute Gasteiger partial charge is 0.494 e. The molecule has 0 heterocycles. The summed E-state index contributed by atoms with van der Waals surface area (Å²) in [5.41, 5.74) is -0.349. The van der Waals surface area contributed by atoms with Crippen LogP contribution in [0.25, 0.3) is 0 Å². The van der Waals surface area contributed by atoms with Gasteiger partial charge < -0.3 is 4.74 Å². The van der Waals surface area contributed by atoms with E-state index in [0.29, 0.717) is 12.4 Å². The van der Waals surface area contributed by atoms with Crippen LogP contribution in [-0.2, 0) is 10.7 Å². The summed E-state index contributed by atoms with van der Waals surface area (Å²) >= 11 is 0. The Morgan fingerprint density at radius 3 is 2.79 bits per heavy atom. The molecule has 76 valence electrons. The summed E-state index contributed by atoms with van der Waals surface area (Å²) in [6.07, 6.45) is -0.377. The van der Waals surface area contributed by atoms with Gasteiger partial charge in [0.15, 0.2) is 6.29 Å². The van der Waals surface area contributed by atoms with Crippen LogP contribution >= 0.6 is 0 Å². The van der Waals surface area contributed by atoms with E-state index in [9.17, 15) is 13.6 Å². The second-order valence-electron chi connectivity index (χ2n) is 2.70. The molecule has 1 rings (SSSR count). The Morgan fingerprint density at radius 1 is 1.50 bits per heavy atom. The Morgan fingerprint density at radius 2 is 2.21 bits per heavy atom. The zero-order valence-corrected chi connectivity index (χ0v) is 7.67. The van der Waals surface area contributed by atoms with E-state index in [-0.39, 0.29) is 11.8 Å². The Hall–Kier alpha value is -1.45. The van der Waals surface area contributed by atoms with Crippen LogP contribution in [0.4, 0.5) is 8.78 Å². The summed E-state index contributed by atoms with van der Waals surface area (Å²) in [6.45, 7) is 2.15. The van der Waals surface area contributed by atoms with Crippen LogP contribution in [0.5, 0.6) is 5.75 Å². The highest BCUT2D eigenvalue weighted by Gasteiger charge is 2.30. The first-order valence-electron chi connectivity index (χ1n) is 4.17. The number of carbonyl (C=O) groups is 1. The van der Waals surface area contributed by atoms with Gasteiger partial charge >= 0.3 is 5.92 Å². The maximum Gasteiger partial charge on any atom is 0.327 e. The molecule has 2 nitrogen and oxygen atoms in total. The molecular formula is C10H10F2O2. The van der Waals surface area contributed by atoms with Crippen molar-refractivity contribution in [1.29, 1.82) is 0 Å². The van der Waals surface area contributed by atoms with Gasteiger partial charge in [0.25, 0.3) is 0 Å². The normalized spacial score (nSPS) is 11.1. The van der Waals surface area contributed by atoms with Crippen molar-refractivity contribution in [3.63, 3.8) is 0 Å². The van der Waals surface area contributed by atoms with Crippen molar-refractivity contribution in [2.45, 2.75) is 12.8 Å². The lowest BCUT2D eigenvalue weighted by Gasteiger charge is -2.10. The van der Waals surface area contributed by atoms with Gasteiger partial charge in [-0.15, -0.1) is 0 Å². The summed E-state index contributed by atoms with van der Waals surface area (Å²) in [7, 11) is 0. The van der Waals surface area contributed by atoms with Gasteiger partial charge in [-0.1, -0.05) is 12.1 Å². The molecule has 0 amide bonds. The average molecular weight is 200 g/mol. The first-order chi connectivity index (χ1) is 6.60. The van der Waals surface area contributed by atoms with Crippen LogP contribution in [0.3, 0.4) is 0 Å². The fourth-order valence-electron chi connectivity index (χ4n) is 1.03. The summed E-state index contributed by atoms with van der Waals surface area (Å²) < 4.78 is 30.8. The van der Waals surface area contributed by atoms with Crippen molar-refractivity contribution in [1.82, 2.24) is 0 Å². The van der Waals surface area contributed by atoms with E-state index in [1.165, 1.54) is 12.1 Å². The van der Waals surface area contributed by atoms with Crippen LogP contribution in [0.1, 0.15) is 12.5 Å². The number of hydrogen-bond acceptors (Lipinski definition) is 2. The third-order valence-corrected chi connectivity index (χ3v) is 1.68. The Bertz CT molecular complexity index is 324.